The van der Waals surface area contributed by atoms with E-state index in [0.717, 1.165) is 13.0 Å². The van der Waals surface area contributed by atoms with Crippen LogP contribution in [0.3, 0.4) is 0 Å². The molecule has 4 aromatic rings. The Labute approximate surface area is 236 Å². The average molecular weight is 531 g/mol. The number of hydrogen-bond acceptors (Lipinski definition) is 1. The summed E-state index contributed by atoms with van der Waals surface area (Å²) in [6.45, 7) is 10.1. The predicted molar refractivity (Wildman–Crippen MR) is 168 cm³/mol. The van der Waals surface area contributed by atoms with E-state index in [2.05, 4.69) is 124 Å². The van der Waals surface area contributed by atoms with Gasteiger partial charge >= 0.3 is 0 Å². The number of fused-ring (bicyclic) bond motifs is 6. The maximum absolute atomic E-state index is 6.00. The fourth-order valence-electron chi connectivity index (χ4n) is 7.53. The molecule has 0 saturated carbocycles. The van der Waals surface area contributed by atoms with Gasteiger partial charge in [0.15, 0.2) is 0 Å². The van der Waals surface area contributed by atoms with Gasteiger partial charge in [-0.25, -0.2) is 0 Å². The van der Waals surface area contributed by atoms with Gasteiger partial charge in [-0.05, 0) is 71.7 Å². The molecule has 0 atom stereocenters. The van der Waals surface area contributed by atoms with Crippen molar-refractivity contribution in [2.45, 2.75) is 75.7 Å². The van der Waals surface area contributed by atoms with Gasteiger partial charge in [0.1, 0.15) is 0 Å². The summed E-state index contributed by atoms with van der Waals surface area (Å²) in [6.07, 6.45) is 4.97. The third-order valence-corrected chi connectivity index (χ3v) is 14.4. The van der Waals surface area contributed by atoms with Crippen LogP contribution in [0.4, 0.5) is 0 Å². The van der Waals surface area contributed by atoms with Crippen molar-refractivity contribution >= 4 is 8.07 Å². The quantitative estimate of drug-likeness (QED) is 0.154. The molecular weight excluding hydrogens is 488 g/mol. The highest BCUT2D eigenvalue weighted by Crippen LogP contribution is 2.58. The minimum Gasteiger partial charge on any atom is -0.376 e. The fourth-order valence-corrected chi connectivity index (χ4v) is 13.3. The van der Waals surface area contributed by atoms with Crippen molar-refractivity contribution in [2.75, 3.05) is 6.61 Å². The van der Waals surface area contributed by atoms with E-state index in [4.69, 9.17) is 4.74 Å². The fraction of sp³-hybridized carbons (Fsp3) is 0.351. The van der Waals surface area contributed by atoms with E-state index in [1.54, 1.807) is 22.3 Å². The van der Waals surface area contributed by atoms with E-state index in [-0.39, 0.29) is 5.60 Å². The monoisotopic (exact) mass is 530 g/mol. The summed E-state index contributed by atoms with van der Waals surface area (Å²) in [6, 6.07) is 38.4. The molecule has 0 aromatic heterocycles. The van der Waals surface area contributed by atoms with E-state index in [1.165, 1.54) is 47.6 Å². The Hall–Kier alpha value is -2.94. The maximum atomic E-state index is 6.00. The smallest absolute Gasteiger partial charge is 0.0761 e. The molecule has 0 bridgehead atoms. The molecular formula is C37H42OSi. The highest BCUT2D eigenvalue weighted by Gasteiger charge is 2.51. The van der Waals surface area contributed by atoms with Gasteiger partial charge in [-0.3, -0.25) is 0 Å². The van der Waals surface area contributed by atoms with Gasteiger partial charge < -0.3 is 4.74 Å². The van der Waals surface area contributed by atoms with Crippen LogP contribution in [0, 0.1) is 0 Å². The molecule has 0 unspecified atom stereocenters. The zero-order valence-electron chi connectivity index (χ0n) is 24.0. The number of hydrogen-bond donors (Lipinski definition) is 0. The van der Waals surface area contributed by atoms with Crippen LogP contribution in [-0.4, -0.2) is 20.3 Å². The van der Waals surface area contributed by atoms with Crippen molar-refractivity contribution in [1.82, 2.24) is 0 Å². The SMILES string of the molecule is CC(C)(C)OCCCCCC[Si](C)(C1c2ccccc2-c2ccccc21)C1c2ccccc2-c2ccccc21. The molecule has 6 rings (SSSR count). The number of benzene rings is 4. The number of ether oxygens (including phenoxy) is 1. The normalized spacial score (nSPS) is 14.7. The molecule has 0 N–H and O–H groups in total. The third kappa shape index (κ3) is 4.83. The Morgan fingerprint density at radius 3 is 1.28 bits per heavy atom. The summed E-state index contributed by atoms with van der Waals surface area (Å²) < 4.78 is 6.00. The van der Waals surface area contributed by atoms with Crippen molar-refractivity contribution in [3.05, 3.63) is 119 Å². The van der Waals surface area contributed by atoms with Crippen molar-refractivity contribution in [2.24, 2.45) is 0 Å². The highest BCUT2D eigenvalue weighted by atomic mass is 28.3. The lowest BCUT2D eigenvalue weighted by Crippen LogP contribution is -2.45. The molecule has 0 aliphatic heterocycles. The number of unbranched alkanes of at least 4 members (excludes halogenated alkanes) is 3. The lowest BCUT2D eigenvalue weighted by Gasteiger charge is -2.41. The van der Waals surface area contributed by atoms with Gasteiger partial charge in [0, 0.05) is 17.7 Å². The second-order valence-corrected chi connectivity index (χ2v) is 17.5. The zero-order chi connectivity index (χ0) is 27.0. The Morgan fingerprint density at radius 1 is 0.538 bits per heavy atom. The van der Waals surface area contributed by atoms with Gasteiger partial charge in [-0.2, -0.15) is 0 Å². The molecule has 200 valence electrons. The summed E-state index contributed by atoms with van der Waals surface area (Å²) in [5, 5.41) is 0. The molecule has 0 amide bonds. The summed E-state index contributed by atoms with van der Waals surface area (Å²) in [5.74, 6) is 0. The minimum absolute atomic E-state index is 0.0437. The highest BCUT2D eigenvalue weighted by molar-refractivity contribution is 6.83. The predicted octanol–water partition coefficient (Wildman–Crippen LogP) is 10.1. The summed E-state index contributed by atoms with van der Waals surface area (Å²) >= 11 is 0. The Bertz CT molecular complexity index is 1280. The van der Waals surface area contributed by atoms with Crippen LogP contribution in [0.1, 0.15) is 79.8 Å². The first-order chi connectivity index (χ1) is 18.9. The molecule has 0 radical (unpaired) electrons. The van der Waals surface area contributed by atoms with Crippen molar-refractivity contribution in [3.63, 3.8) is 0 Å². The average Bonchev–Trinajstić information content (AvgIpc) is 3.46. The van der Waals surface area contributed by atoms with Gasteiger partial charge in [-0.1, -0.05) is 129 Å². The van der Waals surface area contributed by atoms with Crippen molar-refractivity contribution in [1.29, 1.82) is 0 Å². The molecule has 0 spiro atoms. The van der Waals surface area contributed by atoms with E-state index in [9.17, 15) is 0 Å². The van der Waals surface area contributed by atoms with Gasteiger partial charge in [-0.15, -0.1) is 0 Å². The lowest BCUT2D eigenvalue weighted by atomic mass is 10.1. The first-order valence-corrected chi connectivity index (χ1v) is 17.7. The second kappa shape index (κ2) is 10.6. The summed E-state index contributed by atoms with van der Waals surface area (Å²) in [7, 11) is -2.02. The van der Waals surface area contributed by atoms with Crippen molar-refractivity contribution < 1.29 is 4.74 Å². The Morgan fingerprint density at radius 2 is 0.897 bits per heavy atom. The second-order valence-electron chi connectivity index (χ2n) is 12.8. The van der Waals surface area contributed by atoms with Crippen LogP contribution in [0.15, 0.2) is 97.1 Å². The first-order valence-electron chi connectivity index (χ1n) is 14.9. The van der Waals surface area contributed by atoms with E-state index >= 15 is 0 Å². The molecule has 2 heteroatoms. The minimum atomic E-state index is -2.02. The van der Waals surface area contributed by atoms with Crippen LogP contribution < -0.4 is 0 Å². The van der Waals surface area contributed by atoms with Crippen LogP contribution in [0.2, 0.25) is 12.6 Å². The maximum Gasteiger partial charge on any atom is 0.0761 e. The van der Waals surface area contributed by atoms with Gasteiger partial charge in [0.05, 0.1) is 13.7 Å². The molecule has 39 heavy (non-hydrogen) atoms. The summed E-state index contributed by atoms with van der Waals surface area (Å²) in [5.41, 5.74) is 13.0. The number of rotatable bonds is 9. The largest absolute Gasteiger partial charge is 0.376 e. The van der Waals surface area contributed by atoms with E-state index < -0.39 is 8.07 Å². The topological polar surface area (TPSA) is 9.23 Å². The standard InChI is InChI=1S/C37H42OSi/c1-37(2,3)38-25-15-5-6-16-26-39(4,35-31-21-11-7-17-27(31)28-18-8-12-22-32(28)35)36-33-23-13-9-19-29(33)30-20-10-14-24-34(30)36/h7-14,17-24,35-36H,5-6,15-16,25-26H2,1-4H3. The molecule has 1 nitrogen and oxygen atoms in total. The van der Waals surface area contributed by atoms with Gasteiger partial charge in [0.25, 0.3) is 0 Å². The van der Waals surface area contributed by atoms with Gasteiger partial charge in [0.2, 0.25) is 0 Å². The molecule has 0 fully saturated rings. The molecule has 0 heterocycles. The van der Waals surface area contributed by atoms with Crippen LogP contribution >= 0.6 is 0 Å². The van der Waals surface area contributed by atoms with Crippen LogP contribution in [-0.2, 0) is 4.74 Å². The Kier molecular flexibility index (Phi) is 7.12. The van der Waals surface area contributed by atoms with E-state index in [0.29, 0.717) is 11.1 Å². The first kappa shape index (κ1) is 26.3. The van der Waals surface area contributed by atoms with Crippen LogP contribution in [0.5, 0.6) is 0 Å². The summed E-state index contributed by atoms with van der Waals surface area (Å²) in [4.78, 5) is 0. The molecule has 2 aliphatic carbocycles. The van der Waals surface area contributed by atoms with Crippen LogP contribution in [0.25, 0.3) is 22.3 Å². The molecule has 0 saturated heterocycles. The Balaban J connectivity index is 1.39. The third-order valence-electron chi connectivity index (χ3n) is 9.13. The molecule has 4 aromatic carbocycles. The van der Waals surface area contributed by atoms with E-state index in [1.807, 2.05) is 0 Å². The molecule has 2 aliphatic rings. The zero-order valence-corrected chi connectivity index (χ0v) is 25.0. The van der Waals surface area contributed by atoms with Crippen molar-refractivity contribution in [3.8, 4) is 22.3 Å². The lowest BCUT2D eigenvalue weighted by molar-refractivity contribution is -0.00471.